The molecule has 4 nitrogen and oxygen atoms in total. The lowest BCUT2D eigenvalue weighted by Crippen LogP contribution is -2.36. The van der Waals surface area contributed by atoms with Gasteiger partial charge in [0, 0.05) is 21.5 Å². The molecule has 6 heteroatoms. The second kappa shape index (κ2) is 12.3. The number of carbonyl (C=O) groups is 1. The molecule has 1 aromatic rings. The Morgan fingerprint density at radius 1 is 1.16 bits per heavy atom. The fraction of sp³-hybridized carbons (Fsp3) is 0.731. The summed E-state index contributed by atoms with van der Waals surface area (Å²) in [5.74, 6) is 1.71. The van der Waals surface area contributed by atoms with E-state index in [1.54, 1.807) is 0 Å². The molecule has 1 N–H and O–H groups in total. The fourth-order valence-corrected chi connectivity index (χ4v) is 6.89. The van der Waals surface area contributed by atoms with Crippen molar-refractivity contribution in [2.24, 2.45) is 17.8 Å². The Bertz CT molecular complexity index is 764. The summed E-state index contributed by atoms with van der Waals surface area (Å²) >= 11 is 7.29. The highest BCUT2D eigenvalue weighted by atomic mass is 79.9. The lowest BCUT2D eigenvalue weighted by molar-refractivity contribution is -0.126. The topological polar surface area (TPSA) is 41.6 Å². The number of rotatable bonds is 8. The molecular weight excluding hydrogens is 532 g/mol. The zero-order valence-electron chi connectivity index (χ0n) is 20.1. The van der Waals surface area contributed by atoms with Crippen LogP contribution in [0, 0.1) is 17.8 Å². The van der Waals surface area contributed by atoms with Crippen LogP contribution in [0.4, 0.5) is 5.69 Å². The first-order valence-electron chi connectivity index (χ1n) is 12.3. The summed E-state index contributed by atoms with van der Waals surface area (Å²) in [6, 6.07) is 4.74. The molecule has 0 bridgehead atoms. The number of hydrogen-bond donors (Lipinski definition) is 1. The van der Waals surface area contributed by atoms with Crippen LogP contribution in [0.3, 0.4) is 0 Å². The Labute approximate surface area is 211 Å². The Hall–Kier alpha value is -0.430. The van der Waals surface area contributed by atoms with Crippen LogP contribution in [-0.4, -0.2) is 36.6 Å². The van der Waals surface area contributed by atoms with Gasteiger partial charge in [-0.25, -0.2) is 0 Å². The highest BCUT2D eigenvalue weighted by molar-refractivity contribution is 9.11. The minimum atomic E-state index is -0.0738. The zero-order valence-corrected chi connectivity index (χ0v) is 23.3. The minimum Gasteiger partial charge on any atom is -0.368 e. The molecule has 0 heterocycles. The van der Waals surface area contributed by atoms with Gasteiger partial charge in [0.2, 0.25) is 5.91 Å². The maximum atomic E-state index is 12.9. The number of ether oxygens (including phenoxy) is 1. The van der Waals surface area contributed by atoms with Gasteiger partial charge in [0.05, 0.1) is 11.8 Å². The third kappa shape index (κ3) is 7.28. The monoisotopic (exact) mass is 570 g/mol. The van der Waals surface area contributed by atoms with E-state index in [0.717, 1.165) is 33.2 Å². The van der Waals surface area contributed by atoms with Crippen molar-refractivity contribution in [1.29, 1.82) is 0 Å². The van der Waals surface area contributed by atoms with Gasteiger partial charge >= 0.3 is 0 Å². The smallest absolute Gasteiger partial charge is 0.250 e. The molecule has 0 aromatic heterocycles. The normalized spacial score (nSPS) is 24.8. The summed E-state index contributed by atoms with van der Waals surface area (Å²) < 4.78 is 8.11. The average Bonchev–Trinajstić information content (AvgIpc) is 2.75. The highest BCUT2D eigenvalue weighted by Gasteiger charge is 2.32. The SMILES string of the molecule is CC1CCC(C(C)C)C(OCC(=O)Nc2c(Br)cc(Br)cc2CN(C)C2CCCCC2)C1. The van der Waals surface area contributed by atoms with Crippen LogP contribution < -0.4 is 5.32 Å². The predicted molar refractivity (Wildman–Crippen MR) is 140 cm³/mol. The van der Waals surface area contributed by atoms with Gasteiger partial charge in [-0.15, -0.1) is 0 Å². The van der Waals surface area contributed by atoms with E-state index in [-0.39, 0.29) is 18.6 Å². The molecule has 2 aliphatic rings. The van der Waals surface area contributed by atoms with Crippen molar-refractivity contribution in [3.8, 4) is 0 Å². The molecule has 2 fully saturated rings. The molecule has 2 saturated carbocycles. The maximum absolute atomic E-state index is 12.9. The third-order valence-electron chi connectivity index (χ3n) is 7.41. The number of carbonyl (C=O) groups excluding carboxylic acids is 1. The van der Waals surface area contributed by atoms with Gasteiger partial charge in [-0.2, -0.15) is 0 Å². The van der Waals surface area contributed by atoms with Crippen molar-refractivity contribution in [3.05, 3.63) is 26.6 Å². The molecular formula is C26H40Br2N2O2. The van der Waals surface area contributed by atoms with E-state index in [2.05, 4.69) is 76.0 Å². The molecule has 1 aromatic carbocycles. The van der Waals surface area contributed by atoms with Crippen molar-refractivity contribution in [3.63, 3.8) is 0 Å². The van der Waals surface area contributed by atoms with Crippen LogP contribution in [0.2, 0.25) is 0 Å². The molecule has 0 radical (unpaired) electrons. The lowest BCUT2D eigenvalue weighted by Gasteiger charge is -2.37. The molecule has 0 saturated heterocycles. The first-order chi connectivity index (χ1) is 15.2. The van der Waals surface area contributed by atoms with Crippen LogP contribution >= 0.6 is 31.9 Å². The number of amides is 1. The Kier molecular flexibility index (Phi) is 10.1. The van der Waals surface area contributed by atoms with E-state index >= 15 is 0 Å². The third-order valence-corrected chi connectivity index (χ3v) is 8.49. The van der Waals surface area contributed by atoms with Crippen molar-refractivity contribution in [2.75, 3.05) is 19.0 Å². The second-order valence-electron chi connectivity index (χ2n) is 10.4. The number of anilines is 1. The summed E-state index contributed by atoms with van der Waals surface area (Å²) in [4.78, 5) is 15.3. The van der Waals surface area contributed by atoms with E-state index < -0.39 is 0 Å². The van der Waals surface area contributed by atoms with Crippen molar-refractivity contribution in [2.45, 2.75) is 90.8 Å². The quantitative estimate of drug-likeness (QED) is 0.353. The molecule has 2 aliphatic carbocycles. The highest BCUT2D eigenvalue weighted by Crippen LogP contribution is 2.36. The summed E-state index contributed by atoms with van der Waals surface area (Å²) in [7, 11) is 2.20. The molecule has 3 atom stereocenters. The molecule has 3 unspecified atom stereocenters. The van der Waals surface area contributed by atoms with Gasteiger partial charge in [-0.3, -0.25) is 9.69 Å². The van der Waals surface area contributed by atoms with E-state index in [0.29, 0.717) is 23.8 Å². The summed E-state index contributed by atoms with van der Waals surface area (Å²) in [6.07, 6.45) is 10.2. The van der Waals surface area contributed by atoms with Crippen LogP contribution in [0.1, 0.15) is 77.7 Å². The minimum absolute atomic E-state index is 0.0738. The van der Waals surface area contributed by atoms with Crippen LogP contribution in [0.25, 0.3) is 0 Å². The van der Waals surface area contributed by atoms with Gasteiger partial charge in [-0.1, -0.05) is 62.4 Å². The average molecular weight is 572 g/mol. The van der Waals surface area contributed by atoms with E-state index in [1.165, 1.54) is 44.9 Å². The molecule has 0 spiro atoms. The number of nitrogens with zero attached hydrogens (tertiary/aromatic N) is 1. The lowest BCUT2D eigenvalue weighted by atomic mass is 9.75. The molecule has 32 heavy (non-hydrogen) atoms. The Balaban J connectivity index is 1.64. The van der Waals surface area contributed by atoms with Crippen LogP contribution in [-0.2, 0) is 16.1 Å². The largest absolute Gasteiger partial charge is 0.368 e. The second-order valence-corrected chi connectivity index (χ2v) is 12.1. The molecule has 180 valence electrons. The van der Waals surface area contributed by atoms with Gasteiger partial charge < -0.3 is 10.1 Å². The van der Waals surface area contributed by atoms with Crippen molar-refractivity contribution in [1.82, 2.24) is 4.90 Å². The van der Waals surface area contributed by atoms with Crippen molar-refractivity contribution >= 4 is 43.5 Å². The van der Waals surface area contributed by atoms with Gasteiger partial charge in [-0.05, 0) is 84.1 Å². The number of halogens is 2. The molecule has 1 amide bonds. The first-order valence-corrected chi connectivity index (χ1v) is 13.9. The number of hydrogen-bond acceptors (Lipinski definition) is 3. The van der Waals surface area contributed by atoms with Crippen LogP contribution in [0.5, 0.6) is 0 Å². The molecule has 0 aliphatic heterocycles. The summed E-state index contributed by atoms with van der Waals surface area (Å²) in [5.41, 5.74) is 1.99. The predicted octanol–water partition coefficient (Wildman–Crippen LogP) is 7.39. The first kappa shape index (κ1) is 26.2. The van der Waals surface area contributed by atoms with E-state index in [1.807, 2.05) is 6.07 Å². The van der Waals surface area contributed by atoms with E-state index in [9.17, 15) is 4.79 Å². The molecule has 3 rings (SSSR count). The van der Waals surface area contributed by atoms with Crippen molar-refractivity contribution < 1.29 is 9.53 Å². The summed E-state index contributed by atoms with van der Waals surface area (Å²) in [6.45, 7) is 7.76. The summed E-state index contributed by atoms with van der Waals surface area (Å²) in [5, 5.41) is 3.15. The van der Waals surface area contributed by atoms with Gasteiger partial charge in [0.1, 0.15) is 6.61 Å². The number of nitrogens with one attached hydrogen (secondary N) is 1. The maximum Gasteiger partial charge on any atom is 0.250 e. The van der Waals surface area contributed by atoms with Gasteiger partial charge in [0.25, 0.3) is 0 Å². The van der Waals surface area contributed by atoms with Crippen LogP contribution in [0.15, 0.2) is 21.1 Å². The fourth-order valence-electron chi connectivity index (χ4n) is 5.48. The van der Waals surface area contributed by atoms with Gasteiger partial charge in [0.15, 0.2) is 0 Å². The Morgan fingerprint density at radius 3 is 2.56 bits per heavy atom. The Morgan fingerprint density at radius 2 is 1.88 bits per heavy atom. The zero-order chi connectivity index (χ0) is 23.3. The standard InChI is InChI=1S/C26H40Br2N2O2/c1-17(2)22-11-10-18(3)12-24(22)32-16-25(31)29-26-19(13-20(27)14-23(26)28)15-30(4)21-8-6-5-7-9-21/h13-14,17-18,21-22,24H,5-12,15-16H2,1-4H3,(H,29,31). The van der Waals surface area contributed by atoms with E-state index in [4.69, 9.17) is 4.74 Å². The number of benzene rings is 1.